The van der Waals surface area contributed by atoms with E-state index in [1.54, 1.807) is 24.4 Å². The van der Waals surface area contributed by atoms with Crippen LogP contribution in [0.3, 0.4) is 0 Å². The van der Waals surface area contributed by atoms with Gasteiger partial charge in [-0.05, 0) is 30.2 Å². The molecule has 1 aromatic carbocycles. The summed E-state index contributed by atoms with van der Waals surface area (Å²) >= 11 is 0. The Morgan fingerprint density at radius 3 is 2.84 bits per heavy atom. The van der Waals surface area contributed by atoms with Gasteiger partial charge in [0.2, 0.25) is 0 Å². The molecule has 1 saturated carbocycles. The standard InChI is InChI=1S/C19H20FN3O2/c20-16-4-2-1-3-14(16)15-12-17(15)22-19(24)18-11-13(5-6-21-18)23-7-9-25-10-8-23/h1-6,11,15,17H,7-10,12H2,(H,22,24)/t15-,17-/m0/s1. The summed E-state index contributed by atoms with van der Waals surface area (Å²) in [5.41, 5.74) is 2.04. The zero-order valence-corrected chi connectivity index (χ0v) is 13.8. The van der Waals surface area contributed by atoms with Crippen molar-refractivity contribution in [3.63, 3.8) is 0 Å². The minimum absolute atomic E-state index is 0.0294. The maximum absolute atomic E-state index is 13.8. The lowest BCUT2D eigenvalue weighted by atomic mass is 10.1. The second kappa shape index (κ2) is 6.80. The average molecular weight is 341 g/mol. The van der Waals surface area contributed by atoms with E-state index in [4.69, 9.17) is 4.74 Å². The highest BCUT2D eigenvalue weighted by Gasteiger charge is 2.41. The Hall–Kier alpha value is -2.47. The lowest BCUT2D eigenvalue weighted by Crippen LogP contribution is -2.36. The molecule has 1 saturated heterocycles. The van der Waals surface area contributed by atoms with E-state index < -0.39 is 0 Å². The molecular formula is C19H20FN3O2. The number of ether oxygens (including phenoxy) is 1. The largest absolute Gasteiger partial charge is 0.378 e. The smallest absolute Gasteiger partial charge is 0.270 e. The Morgan fingerprint density at radius 2 is 2.04 bits per heavy atom. The van der Waals surface area contributed by atoms with Crippen molar-refractivity contribution in [1.82, 2.24) is 10.3 Å². The monoisotopic (exact) mass is 341 g/mol. The number of aromatic nitrogens is 1. The van der Waals surface area contributed by atoms with E-state index >= 15 is 0 Å². The zero-order valence-electron chi connectivity index (χ0n) is 13.8. The SMILES string of the molecule is O=C(N[C@H]1C[C@H]1c1ccccc1F)c1cc(N2CCOCC2)ccn1. The molecule has 0 radical (unpaired) electrons. The van der Waals surface area contributed by atoms with Gasteiger partial charge in [-0.15, -0.1) is 0 Å². The molecule has 1 N–H and O–H groups in total. The number of halogens is 1. The highest BCUT2D eigenvalue weighted by Crippen LogP contribution is 2.41. The quantitative estimate of drug-likeness (QED) is 0.927. The lowest BCUT2D eigenvalue weighted by molar-refractivity contribution is 0.0945. The van der Waals surface area contributed by atoms with Gasteiger partial charge in [0, 0.05) is 36.9 Å². The fourth-order valence-corrected chi connectivity index (χ4v) is 3.28. The summed E-state index contributed by atoms with van der Waals surface area (Å²) in [7, 11) is 0. The molecule has 2 fully saturated rings. The molecule has 1 aliphatic heterocycles. The van der Waals surface area contributed by atoms with Gasteiger partial charge in [-0.3, -0.25) is 9.78 Å². The first-order valence-corrected chi connectivity index (χ1v) is 8.56. The molecule has 2 aliphatic rings. The van der Waals surface area contributed by atoms with E-state index in [-0.39, 0.29) is 23.7 Å². The number of rotatable bonds is 4. The Kier molecular flexibility index (Phi) is 4.36. The van der Waals surface area contributed by atoms with E-state index in [1.165, 1.54) is 6.07 Å². The van der Waals surface area contributed by atoms with E-state index in [1.807, 2.05) is 12.1 Å². The van der Waals surface area contributed by atoms with Gasteiger partial charge >= 0.3 is 0 Å². The molecule has 1 aliphatic carbocycles. The molecule has 2 atom stereocenters. The van der Waals surface area contributed by atoms with Crippen molar-refractivity contribution < 1.29 is 13.9 Å². The molecule has 6 heteroatoms. The van der Waals surface area contributed by atoms with E-state index in [0.29, 0.717) is 24.5 Å². The number of pyridine rings is 1. The van der Waals surface area contributed by atoms with E-state index in [9.17, 15) is 9.18 Å². The number of benzene rings is 1. The molecule has 2 aromatic rings. The number of amides is 1. The van der Waals surface area contributed by atoms with Gasteiger partial charge in [-0.25, -0.2) is 4.39 Å². The summed E-state index contributed by atoms with van der Waals surface area (Å²) in [5, 5.41) is 2.96. The highest BCUT2D eigenvalue weighted by molar-refractivity contribution is 5.93. The first-order chi connectivity index (χ1) is 12.2. The Bertz CT molecular complexity index is 777. The molecule has 25 heavy (non-hydrogen) atoms. The number of carbonyl (C=O) groups is 1. The summed E-state index contributed by atoms with van der Waals surface area (Å²) in [4.78, 5) is 18.8. The molecule has 1 amide bonds. The van der Waals surface area contributed by atoms with Crippen LogP contribution in [-0.2, 0) is 4.74 Å². The molecule has 4 rings (SSSR count). The van der Waals surface area contributed by atoms with Gasteiger partial charge in [0.25, 0.3) is 5.91 Å². The summed E-state index contributed by atoms with van der Waals surface area (Å²) in [6.07, 6.45) is 2.41. The normalized spacial score (nSPS) is 22.5. The number of anilines is 1. The number of nitrogens with zero attached hydrogens (tertiary/aromatic N) is 2. The van der Waals surface area contributed by atoms with Crippen LogP contribution >= 0.6 is 0 Å². The van der Waals surface area contributed by atoms with Crippen molar-refractivity contribution in [2.75, 3.05) is 31.2 Å². The van der Waals surface area contributed by atoms with Gasteiger partial charge in [0.05, 0.1) is 13.2 Å². The number of hydrogen-bond acceptors (Lipinski definition) is 4. The second-order valence-corrected chi connectivity index (χ2v) is 6.44. The van der Waals surface area contributed by atoms with Gasteiger partial charge in [-0.2, -0.15) is 0 Å². The number of nitrogens with one attached hydrogen (secondary N) is 1. The first-order valence-electron chi connectivity index (χ1n) is 8.56. The zero-order chi connectivity index (χ0) is 17.2. The first kappa shape index (κ1) is 16.0. The molecule has 2 heterocycles. The van der Waals surface area contributed by atoms with Crippen molar-refractivity contribution in [3.8, 4) is 0 Å². The molecular weight excluding hydrogens is 321 g/mol. The van der Waals surface area contributed by atoms with Crippen LogP contribution in [0.15, 0.2) is 42.6 Å². The van der Waals surface area contributed by atoms with Crippen LogP contribution in [0.25, 0.3) is 0 Å². The topological polar surface area (TPSA) is 54.5 Å². The molecule has 0 spiro atoms. The average Bonchev–Trinajstić information content (AvgIpc) is 3.42. The van der Waals surface area contributed by atoms with Crippen LogP contribution in [-0.4, -0.2) is 43.2 Å². The van der Waals surface area contributed by atoms with E-state index in [2.05, 4.69) is 15.2 Å². The van der Waals surface area contributed by atoms with Crippen molar-refractivity contribution in [2.24, 2.45) is 0 Å². The van der Waals surface area contributed by atoms with Crippen LogP contribution in [0.4, 0.5) is 10.1 Å². The molecule has 5 nitrogen and oxygen atoms in total. The Morgan fingerprint density at radius 1 is 1.24 bits per heavy atom. The summed E-state index contributed by atoms with van der Waals surface area (Å²) < 4.78 is 19.2. The second-order valence-electron chi connectivity index (χ2n) is 6.44. The van der Waals surface area contributed by atoms with Crippen LogP contribution in [0, 0.1) is 5.82 Å². The van der Waals surface area contributed by atoms with Crippen LogP contribution in [0.1, 0.15) is 28.4 Å². The summed E-state index contributed by atoms with van der Waals surface area (Å²) in [6.45, 7) is 3.00. The fourth-order valence-electron chi connectivity index (χ4n) is 3.28. The number of hydrogen-bond donors (Lipinski definition) is 1. The van der Waals surface area contributed by atoms with Crippen LogP contribution in [0.5, 0.6) is 0 Å². The third-order valence-electron chi connectivity index (χ3n) is 4.76. The van der Waals surface area contributed by atoms with Crippen LogP contribution in [0.2, 0.25) is 0 Å². The fraction of sp³-hybridized carbons (Fsp3) is 0.368. The number of morpholine rings is 1. The van der Waals surface area contributed by atoms with Gasteiger partial charge in [-0.1, -0.05) is 18.2 Å². The summed E-state index contributed by atoms with van der Waals surface area (Å²) in [6, 6.07) is 10.4. The molecule has 1 aromatic heterocycles. The molecule has 0 unspecified atom stereocenters. The van der Waals surface area contributed by atoms with Gasteiger partial charge in [0.1, 0.15) is 11.5 Å². The third kappa shape index (κ3) is 3.49. The highest BCUT2D eigenvalue weighted by atomic mass is 19.1. The van der Waals surface area contributed by atoms with Crippen molar-refractivity contribution in [1.29, 1.82) is 0 Å². The minimum Gasteiger partial charge on any atom is -0.378 e. The lowest BCUT2D eigenvalue weighted by Gasteiger charge is -2.28. The van der Waals surface area contributed by atoms with Crippen LogP contribution < -0.4 is 10.2 Å². The Balaban J connectivity index is 1.41. The molecule has 130 valence electrons. The molecule has 0 bridgehead atoms. The van der Waals surface area contributed by atoms with Gasteiger partial charge in [0.15, 0.2) is 0 Å². The van der Waals surface area contributed by atoms with E-state index in [0.717, 1.165) is 25.2 Å². The third-order valence-corrected chi connectivity index (χ3v) is 4.76. The van der Waals surface area contributed by atoms with Crippen molar-refractivity contribution in [2.45, 2.75) is 18.4 Å². The van der Waals surface area contributed by atoms with Gasteiger partial charge < -0.3 is 15.0 Å². The minimum atomic E-state index is -0.211. The predicted molar refractivity (Wildman–Crippen MR) is 92.3 cm³/mol. The van der Waals surface area contributed by atoms with Crippen molar-refractivity contribution in [3.05, 3.63) is 59.7 Å². The Labute approximate surface area is 145 Å². The van der Waals surface area contributed by atoms with Crippen molar-refractivity contribution >= 4 is 11.6 Å². The maximum atomic E-state index is 13.8. The number of carbonyl (C=O) groups excluding carboxylic acids is 1. The predicted octanol–water partition coefficient (Wildman–Crippen LogP) is 2.34. The maximum Gasteiger partial charge on any atom is 0.270 e. The summed E-state index contributed by atoms with van der Waals surface area (Å²) in [5.74, 6) is -0.372.